The molecule has 0 bridgehead atoms. The van der Waals surface area contributed by atoms with Gasteiger partial charge in [0.05, 0.1) is 0 Å². The molecule has 0 aromatic heterocycles. The first kappa shape index (κ1) is 23.3. The van der Waals surface area contributed by atoms with Crippen molar-refractivity contribution in [1.29, 1.82) is 0 Å². The summed E-state index contributed by atoms with van der Waals surface area (Å²) in [6.07, 6.45) is 19.3. The van der Waals surface area contributed by atoms with Crippen LogP contribution in [0.3, 0.4) is 0 Å². The first-order valence-electron chi connectivity index (χ1n) is 11.6. The van der Waals surface area contributed by atoms with Crippen molar-refractivity contribution in [2.75, 3.05) is 6.66 Å². The van der Waals surface area contributed by atoms with Crippen molar-refractivity contribution in [1.82, 2.24) is 0 Å². The van der Waals surface area contributed by atoms with Gasteiger partial charge >= 0.3 is 0 Å². The average Bonchev–Trinajstić information content (AvgIpc) is 2.85. The normalized spacial score (nSPS) is 25.0. The molecule has 156 valence electrons. The van der Waals surface area contributed by atoms with E-state index in [0.29, 0.717) is 17.6 Å². The topological polar surface area (TPSA) is 17.1 Å². The molecule has 1 saturated carbocycles. The lowest BCUT2D eigenvalue weighted by Crippen LogP contribution is -2.18. The SMILES string of the molecule is CCCCC12CCCC(=PC)C=C1C(=C(CC)CC)/C(=C\CCCC(C)=O)C2. The zero-order valence-corrected chi connectivity index (χ0v) is 19.9. The number of unbranched alkanes of at least 4 members (excludes halogenated alkanes) is 2. The summed E-state index contributed by atoms with van der Waals surface area (Å²) >= 11 is 0. The van der Waals surface area contributed by atoms with E-state index >= 15 is 0 Å². The zero-order chi connectivity index (χ0) is 20.6. The van der Waals surface area contributed by atoms with Crippen LogP contribution in [0.25, 0.3) is 0 Å². The van der Waals surface area contributed by atoms with Crippen LogP contribution in [-0.4, -0.2) is 17.7 Å². The van der Waals surface area contributed by atoms with Gasteiger partial charge in [0.1, 0.15) is 5.78 Å². The van der Waals surface area contributed by atoms with Gasteiger partial charge in [0.2, 0.25) is 0 Å². The maximum Gasteiger partial charge on any atom is 0.129 e. The predicted molar refractivity (Wildman–Crippen MR) is 127 cm³/mol. The lowest BCUT2D eigenvalue weighted by molar-refractivity contribution is -0.117. The number of hydrogen-bond donors (Lipinski definition) is 0. The summed E-state index contributed by atoms with van der Waals surface area (Å²) in [6, 6.07) is 0. The molecular weight excluding hydrogens is 359 g/mol. The Kier molecular flexibility index (Phi) is 9.42. The van der Waals surface area contributed by atoms with Crippen LogP contribution < -0.4 is 0 Å². The van der Waals surface area contributed by atoms with Crippen molar-refractivity contribution >= 4 is 19.3 Å². The van der Waals surface area contributed by atoms with Crippen LogP contribution in [0.2, 0.25) is 0 Å². The second kappa shape index (κ2) is 11.3. The molecule has 0 radical (unpaired) electrons. The van der Waals surface area contributed by atoms with Crippen LogP contribution in [-0.2, 0) is 4.79 Å². The molecule has 1 fully saturated rings. The quantitative estimate of drug-likeness (QED) is 0.281. The summed E-state index contributed by atoms with van der Waals surface area (Å²) < 4.78 is 0. The van der Waals surface area contributed by atoms with Crippen molar-refractivity contribution in [3.05, 3.63) is 34.4 Å². The van der Waals surface area contributed by atoms with Gasteiger partial charge in [0.15, 0.2) is 0 Å². The highest BCUT2D eigenvalue weighted by atomic mass is 31.1. The molecular formula is C26H41OP. The maximum absolute atomic E-state index is 11.3. The summed E-state index contributed by atoms with van der Waals surface area (Å²) in [6.45, 7) is 11.0. The Labute approximate surface area is 175 Å². The Morgan fingerprint density at radius 2 is 1.96 bits per heavy atom. The van der Waals surface area contributed by atoms with E-state index in [0.717, 1.165) is 25.7 Å². The number of carbonyl (C=O) groups excluding carboxylic acids is 1. The second-order valence-electron chi connectivity index (χ2n) is 8.70. The van der Waals surface area contributed by atoms with E-state index in [-0.39, 0.29) is 0 Å². The molecule has 2 rings (SSSR count). The number of rotatable bonds is 9. The fourth-order valence-corrected chi connectivity index (χ4v) is 5.78. The summed E-state index contributed by atoms with van der Waals surface area (Å²) in [7, 11) is 1.44. The lowest BCUT2D eigenvalue weighted by atomic mass is 9.74. The molecule has 0 aromatic carbocycles. The van der Waals surface area contributed by atoms with E-state index in [1.807, 2.05) is 0 Å². The van der Waals surface area contributed by atoms with Crippen molar-refractivity contribution in [2.45, 2.75) is 105 Å². The van der Waals surface area contributed by atoms with Crippen LogP contribution in [0.1, 0.15) is 105 Å². The smallest absolute Gasteiger partial charge is 0.129 e. The van der Waals surface area contributed by atoms with Gasteiger partial charge in [-0.05, 0) is 98.8 Å². The van der Waals surface area contributed by atoms with Gasteiger partial charge in [-0.2, -0.15) is 0 Å². The van der Waals surface area contributed by atoms with Gasteiger partial charge in [0, 0.05) is 6.42 Å². The minimum Gasteiger partial charge on any atom is -0.300 e. The summed E-state index contributed by atoms with van der Waals surface area (Å²) in [5.74, 6) is 0.317. The van der Waals surface area contributed by atoms with E-state index in [9.17, 15) is 4.79 Å². The molecule has 2 aliphatic rings. The number of carbonyl (C=O) groups is 1. The Morgan fingerprint density at radius 1 is 1.21 bits per heavy atom. The van der Waals surface area contributed by atoms with Gasteiger partial charge in [-0.25, -0.2) is 0 Å². The van der Waals surface area contributed by atoms with Crippen molar-refractivity contribution < 1.29 is 4.79 Å². The minimum absolute atomic E-state index is 0.317. The molecule has 0 aliphatic heterocycles. The second-order valence-corrected chi connectivity index (χ2v) is 9.72. The van der Waals surface area contributed by atoms with Crippen LogP contribution >= 0.6 is 8.20 Å². The van der Waals surface area contributed by atoms with Gasteiger partial charge in [-0.3, -0.25) is 0 Å². The third-order valence-corrected chi connectivity index (χ3v) is 7.64. The Morgan fingerprint density at radius 3 is 2.57 bits per heavy atom. The van der Waals surface area contributed by atoms with Crippen LogP contribution in [0.4, 0.5) is 0 Å². The van der Waals surface area contributed by atoms with Crippen molar-refractivity contribution in [2.24, 2.45) is 5.41 Å². The van der Waals surface area contributed by atoms with Gasteiger partial charge < -0.3 is 4.79 Å². The Hall–Kier alpha value is -0.940. The first-order chi connectivity index (χ1) is 13.5. The third kappa shape index (κ3) is 5.56. The molecule has 1 unspecified atom stereocenters. The third-order valence-electron chi connectivity index (χ3n) is 6.72. The van der Waals surface area contributed by atoms with E-state index in [2.05, 4.69) is 39.6 Å². The molecule has 0 saturated heterocycles. The lowest BCUT2D eigenvalue weighted by Gasteiger charge is -2.30. The highest BCUT2D eigenvalue weighted by molar-refractivity contribution is 7.40. The van der Waals surface area contributed by atoms with E-state index < -0.39 is 0 Å². The van der Waals surface area contributed by atoms with Crippen molar-refractivity contribution in [3.63, 3.8) is 0 Å². The number of allylic oxidation sites excluding steroid dienone is 6. The van der Waals surface area contributed by atoms with Gasteiger partial charge in [-0.1, -0.05) is 51.3 Å². The number of ketones is 1. The first-order valence-corrected chi connectivity index (χ1v) is 12.9. The molecule has 28 heavy (non-hydrogen) atoms. The van der Waals surface area contributed by atoms with E-state index in [1.54, 1.807) is 34.5 Å². The van der Waals surface area contributed by atoms with Crippen LogP contribution in [0.15, 0.2) is 34.4 Å². The maximum atomic E-state index is 11.3. The molecule has 0 N–H and O–H groups in total. The number of Topliss-reactive ketones (excluding diaryl/α,β-unsaturated/α-hetero) is 1. The molecule has 1 nitrogen and oxygen atoms in total. The molecule has 0 aromatic rings. The monoisotopic (exact) mass is 400 g/mol. The predicted octanol–water partition coefficient (Wildman–Crippen LogP) is 8.23. The molecule has 0 amide bonds. The molecule has 2 aliphatic carbocycles. The highest BCUT2D eigenvalue weighted by Gasteiger charge is 2.44. The number of hydrogen-bond acceptors (Lipinski definition) is 1. The average molecular weight is 401 g/mol. The van der Waals surface area contributed by atoms with E-state index in [4.69, 9.17) is 0 Å². The molecule has 0 heterocycles. The minimum atomic E-state index is 0.317. The molecule has 1 atom stereocenters. The fourth-order valence-electron chi connectivity index (χ4n) is 5.14. The summed E-state index contributed by atoms with van der Waals surface area (Å²) in [5.41, 5.74) is 6.89. The Balaban J connectivity index is 2.52. The highest BCUT2D eigenvalue weighted by Crippen LogP contribution is 2.57. The van der Waals surface area contributed by atoms with Crippen molar-refractivity contribution in [3.8, 4) is 0 Å². The van der Waals surface area contributed by atoms with Gasteiger partial charge in [-0.15, -0.1) is 8.20 Å². The largest absolute Gasteiger partial charge is 0.300 e. The fraction of sp³-hybridized carbons (Fsp3) is 0.692. The van der Waals surface area contributed by atoms with Crippen LogP contribution in [0.5, 0.6) is 0 Å². The molecule has 2 heteroatoms. The zero-order valence-electron chi connectivity index (χ0n) is 19.0. The van der Waals surface area contributed by atoms with Gasteiger partial charge in [0.25, 0.3) is 0 Å². The van der Waals surface area contributed by atoms with E-state index in [1.165, 1.54) is 53.2 Å². The summed E-state index contributed by atoms with van der Waals surface area (Å²) in [5, 5.41) is 1.62. The van der Waals surface area contributed by atoms with Crippen LogP contribution in [0, 0.1) is 5.41 Å². The standard InChI is InChI=1S/C26H41OP/c1-6-9-16-26-17-12-15-23(28-5)18-24(26)25(21(7-2)8-3)22(19-26)14-11-10-13-20(4)27/h14,18H,6-13,15-17,19H2,1-5H3/b22-14-. The molecule has 0 spiro atoms. The number of fused-ring (bicyclic) bond motifs is 1. The summed E-state index contributed by atoms with van der Waals surface area (Å²) in [4.78, 5) is 11.3. The Bertz CT molecular complexity index is 671.